The molecule has 0 rings (SSSR count). The van der Waals surface area contributed by atoms with Crippen molar-refractivity contribution in [2.45, 2.75) is 6.92 Å². The topological polar surface area (TPSA) is 44.7 Å². The Morgan fingerprint density at radius 1 is 1.67 bits per heavy atom. The van der Waals surface area contributed by atoms with Gasteiger partial charge in [0.1, 0.15) is 6.34 Å². The molecule has 9 heavy (non-hydrogen) atoms. The van der Waals surface area contributed by atoms with Crippen molar-refractivity contribution in [3.8, 4) is 0 Å². The maximum Gasteiger partial charge on any atom is 0.236 e. The predicted molar refractivity (Wildman–Crippen MR) is 36.0 cm³/mol. The number of nitrogens with zero attached hydrogens (tertiary/aromatic N) is 2. The minimum atomic E-state index is -0.159. The van der Waals surface area contributed by atoms with Gasteiger partial charge in [-0.05, 0) is 0 Å². The van der Waals surface area contributed by atoms with Gasteiger partial charge in [0.25, 0.3) is 0 Å². The molecule has 0 aliphatic rings. The van der Waals surface area contributed by atoms with Crippen LogP contribution in [0.5, 0.6) is 0 Å². The van der Waals surface area contributed by atoms with E-state index in [1.165, 1.54) is 13.3 Å². The first-order valence-electron chi connectivity index (χ1n) is 2.59. The van der Waals surface area contributed by atoms with Crippen molar-refractivity contribution in [3.63, 3.8) is 0 Å². The molecule has 0 spiro atoms. The summed E-state index contributed by atoms with van der Waals surface area (Å²) < 4.78 is 0. The monoisotopic (exact) mass is 129 g/mol. The third-order valence-electron chi connectivity index (χ3n) is 0.511. The molecule has 0 aliphatic heterocycles. The van der Waals surface area contributed by atoms with Crippen LogP contribution in [0.4, 0.5) is 0 Å². The van der Waals surface area contributed by atoms with Gasteiger partial charge < -0.3 is 4.90 Å². The highest BCUT2D eigenvalue weighted by molar-refractivity contribution is 5.73. The maximum absolute atomic E-state index is 10.2. The normalized spacial score (nSPS) is 9.67. The number of hydrazone groups is 1. The second-order valence-electron chi connectivity index (χ2n) is 1.88. The van der Waals surface area contributed by atoms with E-state index in [-0.39, 0.29) is 5.91 Å². The molecule has 1 amide bonds. The standard InChI is InChI=1S/C5H11N3O/c1-5(9)7-6-4-8(2)3/h4H,1-3H3,(H,7,9)/b6-4-. The van der Waals surface area contributed by atoms with Crippen molar-refractivity contribution in [2.24, 2.45) is 5.10 Å². The second kappa shape index (κ2) is 3.88. The number of amides is 1. The van der Waals surface area contributed by atoms with E-state index in [4.69, 9.17) is 0 Å². The number of nitrogens with one attached hydrogen (secondary N) is 1. The van der Waals surface area contributed by atoms with Crippen molar-refractivity contribution >= 4 is 12.2 Å². The Bertz CT molecular complexity index is 119. The Morgan fingerprint density at radius 3 is 2.56 bits per heavy atom. The summed E-state index contributed by atoms with van der Waals surface area (Å²) in [7, 11) is 3.65. The van der Waals surface area contributed by atoms with E-state index in [0.29, 0.717) is 0 Å². The molecule has 0 bridgehead atoms. The zero-order chi connectivity index (χ0) is 7.28. The Hall–Kier alpha value is -1.06. The Kier molecular flexibility index (Phi) is 3.43. The number of carbonyl (C=O) groups is 1. The highest BCUT2D eigenvalue weighted by atomic mass is 16.2. The summed E-state index contributed by atoms with van der Waals surface area (Å²) in [6.45, 7) is 1.41. The molecule has 4 heteroatoms. The fourth-order valence-corrected chi connectivity index (χ4v) is 0.235. The third-order valence-corrected chi connectivity index (χ3v) is 0.511. The molecular formula is C5H11N3O. The van der Waals surface area contributed by atoms with Crippen LogP contribution in [-0.2, 0) is 4.79 Å². The first-order chi connectivity index (χ1) is 4.13. The molecule has 52 valence electrons. The zero-order valence-electron chi connectivity index (χ0n) is 5.88. The lowest BCUT2D eigenvalue weighted by Gasteiger charge is -2.00. The summed E-state index contributed by atoms with van der Waals surface area (Å²) >= 11 is 0. The fourth-order valence-electron chi connectivity index (χ4n) is 0.235. The summed E-state index contributed by atoms with van der Waals surface area (Å²) in [4.78, 5) is 11.9. The van der Waals surface area contributed by atoms with Gasteiger partial charge in [-0.2, -0.15) is 5.10 Å². The van der Waals surface area contributed by atoms with E-state index < -0.39 is 0 Å². The molecule has 0 aliphatic carbocycles. The number of carbonyl (C=O) groups excluding carboxylic acids is 1. The molecule has 0 radical (unpaired) electrons. The molecule has 0 fully saturated rings. The minimum absolute atomic E-state index is 0.159. The average Bonchev–Trinajstić information content (AvgIpc) is 1.63. The van der Waals surface area contributed by atoms with Gasteiger partial charge >= 0.3 is 0 Å². The first kappa shape index (κ1) is 7.94. The van der Waals surface area contributed by atoms with Crippen LogP contribution >= 0.6 is 0 Å². The van der Waals surface area contributed by atoms with Crippen molar-refractivity contribution in [2.75, 3.05) is 14.1 Å². The SMILES string of the molecule is CC(=O)N/N=C\N(C)C. The van der Waals surface area contributed by atoms with Crippen molar-refractivity contribution < 1.29 is 4.79 Å². The van der Waals surface area contributed by atoms with E-state index in [0.717, 1.165) is 0 Å². The van der Waals surface area contributed by atoms with Crippen molar-refractivity contribution in [3.05, 3.63) is 0 Å². The quantitative estimate of drug-likeness (QED) is 0.314. The van der Waals surface area contributed by atoms with Crippen LogP contribution in [0.3, 0.4) is 0 Å². The highest BCUT2D eigenvalue weighted by Gasteiger charge is 1.81. The molecule has 1 N–H and O–H groups in total. The summed E-state index contributed by atoms with van der Waals surface area (Å²) in [6.07, 6.45) is 1.52. The smallest absolute Gasteiger partial charge is 0.236 e. The summed E-state index contributed by atoms with van der Waals surface area (Å²) in [6, 6.07) is 0. The van der Waals surface area contributed by atoms with E-state index in [1.807, 2.05) is 14.1 Å². The lowest BCUT2D eigenvalue weighted by molar-refractivity contribution is -0.118. The van der Waals surface area contributed by atoms with Gasteiger partial charge in [-0.25, -0.2) is 5.43 Å². The molecule has 0 unspecified atom stereocenters. The van der Waals surface area contributed by atoms with Gasteiger partial charge in [0.2, 0.25) is 5.91 Å². The Labute approximate surface area is 54.5 Å². The largest absolute Gasteiger partial charge is 0.367 e. The lowest BCUT2D eigenvalue weighted by atomic mass is 10.8. The van der Waals surface area contributed by atoms with Crippen molar-refractivity contribution in [1.82, 2.24) is 10.3 Å². The first-order valence-corrected chi connectivity index (χ1v) is 2.59. The van der Waals surface area contributed by atoms with Crippen LogP contribution in [0.2, 0.25) is 0 Å². The van der Waals surface area contributed by atoms with Gasteiger partial charge in [-0.3, -0.25) is 4.79 Å². The number of rotatable bonds is 2. The van der Waals surface area contributed by atoms with Crippen LogP contribution in [0.15, 0.2) is 5.10 Å². The van der Waals surface area contributed by atoms with Gasteiger partial charge in [-0.1, -0.05) is 0 Å². The van der Waals surface area contributed by atoms with E-state index in [2.05, 4.69) is 10.5 Å². The van der Waals surface area contributed by atoms with Gasteiger partial charge in [0.05, 0.1) is 0 Å². The van der Waals surface area contributed by atoms with E-state index in [1.54, 1.807) is 4.90 Å². The fraction of sp³-hybridized carbons (Fsp3) is 0.600. The Morgan fingerprint density at radius 2 is 2.22 bits per heavy atom. The molecule has 0 aromatic carbocycles. The van der Waals surface area contributed by atoms with Gasteiger partial charge in [0.15, 0.2) is 0 Å². The molecule has 4 nitrogen and oxygen atoms in total. The van der Waals surface area contributed by atoms with Crippen LogP contribution in [-0.4, -0.2) is 31.2 Å². The highest BCUT2D eigenvalue weighted by Crippen LogP contribution is 1.64. The average molecular weight is 129 g/mol. The number of hydrogen-bond acceptors (Lipinski definition) is 2. The summed E-state index contributed by atoms with van der Waals surface area (Å²) in [5, 5.41) is 3.57. The minimum Gasteiger partial charge on any atom is -0.367 e. The van der Waals surface area contributed by atoms with Gasteiger partial charge in [0, 0.05) is 21.0 Å². The van der Waals surface area contributed by atoms with Gasteiger partial charge in [-0.15, -0.1) is 0 Å². The van der Waals surface area contributed by atoms with Crippen LogP contribution in [0, 0.1) is 0 Å². The Balaban J connectivity index is 3.36. The predicted octanol–water partition coefficient (Wildman–Crippen LogP) is -0.373. The molecule has 0 aromatic heterocycles. The molecule has 0 aromatic rings. The lowest BCUT2D eigenvalue weighted by Crippen LogP contribution is -2.16. The van der Waals surface area contributed by atoms with Crippen LogP contribution in [0.1, 0.15) is 6.92 Å². The number of hydrogen-bond donors (Lipinski definition) is 1. The maximum atomic E-state index is 10.2. The van der Waals surface area contributed by atoms with Crippen LogP contribution in [0.25, 0.3) is 0 Å². The van der Waals surface area contributed by atoms with E-state index in [9.17, 15) is 4.79 Å². The molecular weight excluding hydrogens is 118 g/mol. The third kappa shape index (κ3) is 6.94. The molecule has 0 atom stereocenters. The summed E-state index contributed by atoms with van der Waals surface area (Å²) in [5.74, 6) is -0.159. The zero-order valence-corrected chi connectivity index (χ0v) is 5.88. The van der Waals surface area contributed by atoms with E-state index >= 15 is 0 Å². The van der Waals surface area contributed by atoms with Crippen molar-refractivity contribution in [1.29, 1.82) is 0 Å². The second-order valence-corrected chi connectivity index (χ2v) is 1.88. The van der Waals surface area contributed by atoms with Crippen LogP contribution < -0.4 is 5.43 Å². The summed E-state index contributed by atoms with van der Waals surface area (Å²) in [5.41, 5.74) is 2.27. The molecule has 0 saturated carbocycles. The molecule has 0 heterocycles. The molecule has 0 saturated heterocycles.